The van der Waals surface area contributed by atoms with Crippen LogP contribution in [-0.2, 0) is 0 Å². The predicted molar refractivity (Wildman–Crippen MR) is 73.1 cm³/mol. The Kier molecular flexibility index (Phi) is 3.62. The monoisotopic (exact) mass is 262 g/mol. The summed E-state index contributed by atoms with van der Waals surface area (Å²) < 4.78 is 9.36. The number of hydrogen-bond donors (Lipinski definition) is 1. The third-order valence-electron chi connectivity index (χ3n) is 2.54. The normalized spacial score (nSPS) is 10.2. The molecule has 2 aromatic rings. The third kappa shape index (κ3) is 2.51. The number of hydrogen-bond acceptors (Lipinski definition) is 5. The van der Waals surface area contributed by atoms with Gasteiger partial charge < -0.3 is 10.1 Å². The molecule has 0 aliphatic carbocycles. The van der Waals surface area contributed by atoms with Gasteiger partial charge in [-0.25, -0.2) is 0 Å². The molecule has 0 aliphatic rings. The summed E-state index contributed by atoms with van der Waals surface area (Å²) in [6.07, 6.45) is 0. The van der Waals surface area contributed by atoms with Crippen molar-refractivity contribution in [2.75, 3.05) is 12.4 Å². The molecule has 0 aliphatic heterocycles. The highest BCUT2D eigenvalue weighted by Gasteiger charge is 2.14. The van der Waals surface area contributed by atoms with Gasteiger partial charge >= 0.3 is 0 Å². The summed E-state index contributed by atoms with van der Waals surface area (Å²) in [4.78, 5) is 11.6. The number of methoxy groups -OCH3 is 1. The molecule has 0 fully saturated rings. The number of nitrogens with one attached hydrogen (secondary N) is 1. The topological polar surface area (TPSA) is 51.2 Å². The standard InChI is InChI=1S/C13H14N2O2S/c1-8-12(9(2)16)13(18-15-8)14-10-5-4-6-11(7-10)17-3/h4-7,14H,1-3H3. The minimum atomic E-state index is 0.0200. The summed E-state index contributed by atoms with van der Waals surface area (Å²) in [5.41, 5.74) is 2.29. The predicted octanol–water partition coefficient (Wildman–Crippen LogP) is 3.41. The van der Waals surface area contributed by atoms with Gasteiger partial charge in [0.05, 0.1) is 18.4 Å². The minimum Gasteiger partial charge on any atom is -0.497 e. The molecule has 0 atom stereocenters. The molecule has 0 radical (unpaired) electrons. The summed E-state index contributed by atoms with van der Waals surface area (Å²) in [7, 11) is 1.62. The molecule has 0 spiro atoms. The highest BCUT2D eigenvalue weighted by atomic mass is 32.1. The van der Waals surface area contributed by atoms with Crippen LogP contribution in [0, 0.1) is 6.92 Å². The lowest BCUT2D eigenvalue weighted by molar-refractivity contribution is 0.101. The van der Waals surface area contributed by atoms with Crippen molar-refractivity contribution < 1.29 is 9.53 Å². The Hall–Kier alpha value is -1.88. The maximum absolute atomic E-state index is 11.6. The average Bonchev–Trinajstić information content (AvgIpc) is 2.70. The highest BCUT2D eigenvalue weighted by Crippen LogP contribution is 2.29. The van der Waals surface area contributed by atoms with Gasteiger partial charge in [0.2, 0.25) is 0 Å². The first-order chi connectivity index (χ1) is 8.61. The van der Waals surface area contributed by atoms with Crippen molar-refractivity contribution in [2.45, 2.75) is 13.8 Å². The van der Waals surface area contributed by atoms with E-state index in [9.17, 15) is 4.79 Å². The van der Waals surface area contributed by atoms with E-state index in [2.05, 4.69) is 9.69 Å². The molecule has 18 heavy (non-hydrogen) atoms. The van der Waals surface area contributed by atoms with Crippen LogP contribution in [0.1, 0.15) is 23.0 Å². The Balaban J connectivity index is 2.31. The number of ether oxygens (including phenoxy) is 1. The Morgan fingerprint density at radius 2 is 2.22 bits per heavy atom. The highest BCUT2D eigenvalue weighted by molar-refractivity contribution is 7.10. The number of anilines is 2. The Morgan fingerprint density at radius 1 is 1.44 bits per heavy atom. The number of ketones is 1. The van der Waals surface area contributed by atoms with Crippen LogP contribution in [0.25, 0.3) is 0 Å². The summed E-state index contributed by atoms with van der Waals surface area (Å²) in [5, 5.41) is 3.98. The molecular weight excluding hydrogens is 248 g/mol. The fourth-order valence-corrected chi connectivity index (χ4v) is 2.57. The molecule has 0 saturated heterocycles. The van der Waals surface area contributed by atoms with Crippen molar-refractivity contribution in [3.8, 4) is 5.75 Å². The first kappa shape index (κ1) is 12.6. The zero-order valence-electron chi connectivity index (χ0n) is 10.5. The van der Waals surface area contributed by atoms with Gasteiger partial charge in [-0.2, -0.15) is 4.37 Å². The van der Waals surface area contributed by atoms with E-state index in [1.165, 1.54) is 11.5 Å². The summed E-state index contributed by atoms with van der Waals surface area (Å²) in [6.45, 7) is 3.39. The smallest absolute Gasteiger partial charge is 0.164 e. The molecule has 4 nitrogen and oxygen atoms in total. The maximum Gasteiger partial charge on any atom is 0.164 e. The number of benzene rings is 1. The number of rotatable bonds is 4. The van der Waals surface area contributed by atoms with Crippen molar-refractivity contribution in [1.82, 2.24) is 4.37 Å². The summed E-state index contributed by atoms with van der Waals surface area (Å²) in [5.74, 6) is 0.789. The van der Waals surface area contributed by atoms with Crippen molar-refractivity contribution in [1.29, 1.82) is 0 Å². The molecular formula is C13H14N2O2S. The largest absolute Gasteiger partial charge is 0.497 e. The first-order valence-corrected chi connectivity index (χ1v) is 6.27. The lowest BCUT2D eigenvalue weighted by Crippen LogP contribution is -1.98. The average molecular weight is 262 g/mol. The van der Waals surface area contributed by atoms with Crippen LogP contribution in [0.15, 0.2) is 24.3 Å². The van der Waals surface area contributed by atoms with E-state index in [-0.39, 0.29) is 5.78 Å². The lowest BCUT2D eigenvalue weighted by Gasteiger charge is -2.07. The third-order valence-corrected chi connectivity index (χ3v) is 3.40. The number of nitrogens with zero attached hydrogens (tertiary/aromatic N) is 1. The summed E-state index contributed by atoms with van der Waals surface area (Å²) in [6, 6.07) is 7.55. The van der Waals surface area contributed by atoms with Crippen LogP contribution in [0.2, 0.25) is 0 Å². The van der Waals surface area contributed by atoms with Crippen LogP contribution in [0.4, 0.5) is 10.7 Å². The van der Waals surface area contributed by atoms with Crippen molar-refractivity contribution in [2.24, 2.45) is 0 Å². The molecule has 2 rings (SSSR count). The molecule has 5 heteroatoms. The van der Waals surface area contributed by atoms with E-state index in [0.717, 1.165) is 22.1 Å². The number of carbonyl (C=O) groups excluding carboxylic acids is 1. The molecule has 0 unspecified atom stereocenters. The first-order valence-electron chi connectivity index (χ1n) is 5.50. The molecule has 0 saturated carbocycles. The second kappa shape index (κ2) is 5.18. The van der Waals surface area contributed by atoms with Crippen LogP contribution >= 0.6 is 11.5 Å². The maximum atomic E-state index is 11.6. The van der Waals surface area contributed by atoms with Gasteiger partial charge in [-0.15, -0.1) is 0 Å². The minimum absolute atomic E-state index is 0.0200. The van der Waals surface area contributed by atoms with Gasteiger partial charge in [-0.05, 0) is 37.5 Å². The van der Waals surface area contributed by atoms with E-state index in [4.69, 9.17) is 4.74 Å². The second-order valence-corrected chi connectivity index (χ2v) is 4.66. The zero-order chi connectivity index (χ0) is 13.1. The van der Waals surface area contributed by atoms with Gasteiger partial charge in [0.15, 0.2) is 5.78 Å². The van der Waals surface area contributed by atoms with Gasteiger partial charge in [0.1, 0.15) is 10.8 Å². The SMILES string of the molecule is COc1cccc(Nc2snc(C)c2C(C)=O)c1. The lowest BCUT2D eigenvalue weighted by atomic mass is 10.2. The number of carbonyl (C=O) groups is 1. The molecule has 94 valence electrons. The van der Waals surface area contributed by atoms with Crippen molar-refractivity contribution >= 4 is 28.0 Å². The summed E-state index contributed by atoms with van der Waals surface area (Å²) >= 11 is 1.29. The number of aromatic nitrogens is 1. The molecule has 1 heterocycles. The Morgan fingerprint density at radius 3 is 2.89 bits per heavy atom. The van der Waals surface area contributed by atoms with E-state index >= 15 is 0 Å². The van der Waals surface area contributed by atoms with Crippen molar-refractivity contribution in [3.63, 3.8) is 0 Å². The van der Waals surface area contributed by atoms with Crippen molar-refractivity contribution in [3.05, 3.63) is 35.5 Å². The fourth-order valence-electron chi connectivity index (χ4n) is 1.70. The number of Topliss-reactive ketones (excluding diaryl/α,β-unsaturated/α-hetero) is 1. The zero-order valence-corrected chi connectivity index (χ0v) is 11.3. The van der Waals surface area contributed by atoms with E-state index in [1.807, 2.05) is 31.2 Å². The second-order valence-electron chi connectivity index (χ2n) is 3.89. The van der Waals surface area contributed by atoms with Gasteiger partial charge in [0, 0.05) is 11.8 Å². The van der Waals surface area contributed by atoms with Crippen LogP contribution in [-0.4, -0.2) is 17.3 Å². The fraction of sp³-hybridized carbons (Fsp3) is 0.231. The van der Waals surface area contributed by atoms with E-state index < -0.39 is 0 Å². The van der Waals surface area contributed by atoms with Crippen LogP contribution in [0.3, 0.4) is 0 Å². The molecule has 0 amide bonds. The van der Waals surface area contributed by atoms with Gasteiger partial charge in [-0.3, -0.25) is 4.79 Å². The van der Waals surface area contributed by atoms with Gasteiger partial charge in [0.25, 0.3) is 0 Å². The molecule has 1 aromatic carbocycles. The van der Waals surface area contributed by atoms with E-state index in [0.29, 0.717) is 5.56 Å². The quantitative estimate of drug-likeness (QED) is 0.858. The number of aryl methyl sites for hydroxylation is 1. The molecule has 0 bridgehead atoms. The van der Waals surface area contributed by atoms with Crippen LogP contribution < -0.4 is 10.1 Å². The molecule has 1 N–H and O–H groups in total. The van der Waals surface area contributed by atoms with E-state index in [1.54, 1.807) is 14.0 Å². The van der Waals surface area contributed by atoms with Crippen LogP contribution in [0.5, 0.6) is 5.75 Å². The Labute approximate surface area is 110 Å². The Bertz CT molecular complexity index is 578. The molecule has 1 aromatic heterocycles. The van der Waals surface area contributed by atoms with Gasteiger partial charge in [-0.1, -0.05) is 6.07 Å².